The molecule has 6 heteroatoms. The molecule has 2 aromatic rings. The van der Waals surface area contributed by atoms with E-state index in [0.717, 1.165) is 37.7 Å². The zero-order valence-corrected chi connectivity index (χ0v) is 17.8. The summed E-state index contributed by atoms with van der Waals surface area (Å²) in [5.41, 5.74) is 2.79. The van der Waals surface area contributed by atoms with Crippen molar-refractivity contribution in [2.45, 2.75) is 44.7 Å². The number of carbonyl (C=O) groups is 3. The third kappa shape index (κ3) is 5.13. The molecule has 0 bridgehead atoms. The summed E-state index contributed by atoms with van der Waals surface area (Å²) >= 11 is 0. The number of rotatable bonds is 7. The van der Waals surface area contributed by atoms with Crippen LogP contribution in [0.15, 0.2) is 54.6 Å². The van der Waals surface area contributed by atoms with Gasteiger partial charge in [0.2, 0.25) is 11.8 Å². The van der Waals surface area contributed by atoms with Crippen molar-refractivity contribution in [1.82, 2.24) is 15.1 Å². The highest BCUT2D eigenvalue weighted by molar-refractivity contribution is 5.95. The fourth-order valence-corrected chi connectivity index (χ4v) is 4.39. The molecule has 3 amide bonds. The monoisotopic (exact) mass is 419 g/mol. The Kier molecular flexibility index (Phi) is 6.65. The van der Waals surface area contributed by atoms with Crippen molar-refractivity contribution in [3.63, 3.8) is 0 Å². The van der Waals surface area contributed by atoms with Crippen LogP contribution in [0.5, 0.6) is 0 Å². The molecule has 0 aromatic heterocycles. The molecule has 1 N–H and O–H groups in total. The van der Waals surface area contributed by atoms with Crippen molar-refractivity contribution in [2.75, 3.05) is 19.6 Å². The Morgan fingerprint density at radius 1 is 0.968 bits per heavy atom. The van der Waals surface area contributed by atoms with E-state index in [2.05, 4.69) is 17.4 Å². The first-order valence-corrected chi connectivity index (χ1v) is 11.1. The van der Waals surface area contributed by atoms with Gasteiger partial charge in [0.1, 0.15) is 12.6 Å². The van der Waals surface area contributed by atoms with Crippen LogP contribution in [-0.2, 0) is 22.6 Å². The number of nitrogens with one attached hydrogen (secondary N) is 1. The zero-order chi connectivity index (χ0) is 21.6. The predicted octanol–water partition coefficient (Wildman–Crippen LogP) is 2.77. The van der Waals surface area contributed by atoms with E-state index in [1.807, 2.05) is 30.3 Å². The number of benzene rings is 2. The molecule has 1 unspecified atom stereocenters. The molecule has 0 aliphatic carbocycles. The molecular weight excluding hydrogens is 390 g/mol. The molecule has 4 rings (SSSR count). The van der Waals surface area contributed by atoms with Gasteiger partial charge in [-0.15, -0.1) is 0 Å². The van der Waals surface area contributed by atoms with Gasteiger partial charge >= 0.3 is 0 Å². The molecule has 1 atom stereocenters. The van der Waals surface area contributed by atoms with Crippen LogP contribution < -0.4 is 5.32 Å². The number of piperazine rings is 1. The average molecular weight is 420 g/mol. The lowest BCUT2D eigenvalue weighted by molar-refractivity contribution is -0.158. The Bertz CT molecular complexity index is 927. The number of amides is 3. The molecule has 2 aliphatic rings. The fourth-order valence-electron chi connectivity index (χ4n) is 4.39. The Morgan fingerprint density at radius 2 is 1.74 bits per heavy atom. The minimum atomic E-state index is -0.295. The van der Waals surface area contributed by atoms with Gasteiger partial charge in [0.05, 0.1) is 0 Å². The normalized spacial score (nSPS) is 18.6. The smallest absolute Gasteiger partial charge is 0.251 e. The molecule has 6 nitrogen and oxygen atoms in total. The van der Waals surface area contributed by atoms with Crippen LogP contribution in [0.4, 0.5) is 0 Å². The second kappa shape index (κ2) is 9.77. The molecule has 31 heavy (non-hydrogen) atoms. The van der Waals surface area contributed by atoms with E-state index in [1.165, 1.54) is 5.56 Å². The van der Waals surface area contributed by atoms with E-state index >= 15 is 0 Å². The standard InChI is InChI=1S/C25H29N3O3/c29-23-18-27(25(31)22-10-4-5-16-28(22)23)17-20-11-13-21(14-12-20)24(30)26-15-6-9-19-7-2-1-3-8-19/h1-3,7-8,11-14,22H,4-6,9-10,15-18H2,(H,26,30). The van der Waals surface area contributed by atoms with Gasteiger partial charge in [0.25, 0.3) is 5.91 Å². The zero-order valence-electron chi connectivity index (χ0n) is 17.8. The Balaban J connectivity index is 1.27. The summed E-state index contributed by atoms with van der Waals surface area (Å²) in [5, 5.41) is 2.96. The molecule has 162 valence electrons. The molecule has 2 aromatic carbocycles. The van der Waals surface area contributed by atoms with Crippen molar-refractivity contribution in [3.8, 4) is 0 Å². The van der Waals surface area contributed by atoms with Crippen molar-refractivity contribution >= 4 is 17.7 Å². The van der Waals surface area contributed by atoms with Crippen molar-refractivity contribution in [1.29, 1.82) is 0 Å². The summed E-state index contributed by atoms with van der Waals surface area (Å²) in [6, 6.07) is 17.2. The van der Waals surface area contributed by atoms with Gasteiger partial charge in [0.15, 0.2) is 0 Å². The predicted molar refractivity (Wildman–Crippen MR) is 118 cm³/mol. The minimum Gasteiger partial charge on any atom is -0.352 e. The van der Waals surface area contributed by atoms with Gasteiger partial charge in [-0.25, -0.2) is 0 Å². The van der Waals surface area contributed by atoms with Crippen LogP contribution in [0.2, 0.25) is 0 Å². The largest absolute Gasteiger partial charge is 0.352 e. The number of fused-ring (bicyclic) bond motifs is 1. The van der Waals surface area contributed by atoms with Crippen LogP contribution in [0.3, 0.4) is 0 Å². The van der Waals surface area contributed by atoms with E-state index in [1.54, 1.807) is 21.9 Å². The van der Waals surface area contributed by atoms with Crippen molar-refractivity contribution in [2.24, 2.45) is 0 Å². The maximum absolute atomic E-state index is 12.8. The highest BCUT2D eigenvalue weighted by Crippen LogP contribution is 2.24. The number of piperidine rings is 1. The van der Waals surface area contributed by atoms with Gasteiger partial charge in [0, 0.05) is 25.2 Å². The van der Waals surface area contributed by atoms with Crippen LogP contribution >= 0.6 is 0 Å². The first kappa shape index (κ1) is 21.1. The second-order valence-electron chi connectivity index (χ2n) is 8.33. The fraction of sp³-hybridized carbons (Fsp3) is 0.400. The summed E-state index contributed by atoms with van der Waals surface area (Å²) in [5.74, 6) is -0.0166. The average Bonchev–Trinajstić information content (AvgIpc) is 2.81. The molecule has 0 spiro atoms. The molecular formula is C25H29N3O3. The molecule has 2 saturated heterocycles. The van der Waals surface area contributed by atoms with E-state index < -0.39 is 0 Å². The third-order valence-corrected chi connectivity index (χ3v) is 6.11. The van der Waals surface area contributed by atoms with Crippen LogP contribution in [0.1, 0.15) is 47.2 Å². The van der Waals surface area contributed by atoms with Crippen molar-refractivity contribution in [3.05, 3.63) is 71.3 Å². The van der Waals surface area contributed by atoms with Crippen molar-refractivity contribution < 1.29 is 14.4 Å². The maximum atomic E-state index is 12.8. The van der Waals surface area contributed by atoms with Gasteiger partial charge in [-0.2, -0.15) is 0 Å². The molecule has 2 heterocycles. The Morgan fingerprint density at radius 3 is 2.52 bits per heavy atom. The van der Waals surface area contributed by atoms with Gasteiger partial charge in [-0.3, -0.25) is 14.4 Å². The lowest BCUT2D eigenvalue weighted by atomic mass is 9.98. The third-order valence-electron chi connectivity index (χ3n) is 6.11. The number of hydrogen-bond acceptors (Lipinski definition) is 3. The molecule has 0 radical (unpaired) electrons. The highest BCUT2D eigenvalue weighted by atomic mass is 16.2. The second-order valence-corrected chi connectivity index (χ2v) is 8.33. The quantitative estimate of drug-likeness (QED) is 0.702. The number of carbonyl (C=O) groups excluding carboxylic acids is 3. The summed E-state index contributed by atoms with van der Waals surface area (Å²) in [4.78, 5) is 41.0. The molecule has 0 saturated carbocycles. The molecule has 2 fully saturated rings. The SMILES string of the molecule is O=C(NCCCc1ccccc1)c1ccc(CN2CC(=O)N3CCCCC3C2=O)cc1. The summed E-state index contributed by atoms with van der Waals surface area (Å²) in [7, 11) is 0. The lowest BCUT2D eigenvalue weighted by Crippen LogP contribution is -2.60. The number of hydrogen-bond donors (Lipinski definition) is 1. The lowest BCUT2D eigenvalue weighted by Gasteiger charge is -2.42. The van der Waals surface area contributed by atoms with Crippen LogP contribution in [-0.4, -0.2) is 53.2 Å². The van der Waals surface area contributed by atoms with Gasteiger partial charge in [-0.1, -0.05) is 42.5 Å². The summed E-state index contributed by atoms with van der Waals surface area (Å²) < 4.78 is 0. The van der Waals surface area contributed by atoms with E-state index in [-0.39, 0.29) is 30.3 Å². The minimum absolute atomic E-state index is 0.0378. The van der Waals surface area contributed by atoms with Gasteiger partial charge in [-0.05, 0) is 55.4 Å². The van der Waals surface area contributed by atoms with Gasteiger partial charge < -0.3 is 15.1 Å². The summed E-state index contributed by atoms with van der Waals surface area (Å²) in [6.07, 6.45) is 4.54. The number of aryl methyl sites for hydroxylation is 1. The summed E-state index contributed by atoms with van der Waals surface area (Å²) in [6.45, 7) is 1.85. The van der Waals surface area contributed by atoms with Crippen LogP contribution in [0, 0.1) is 0 Å². The van der Waals surface area contributed by atoms with E-state index in [0.29, 0.717) is 25.2 Å². The Labute approximate surface area is 183 Å². The van der Waals surface area contributed by atoms with E-state index in [4.69, 9.17) is 0 Å². The maximum Gasteiger partial charge on any atom is 0.251 e. The van der Waals surface area contributed by atoms with E-state index in [9.17, 15) is 14.4 Å². The first-order valence-electron chi connectivity index (χ1n) is 11.1. The highest BCUT2D eigenvalue weighted by Gasteiger charge is 2.40. The van der Waals surface area contributed by atoms with Crippen LogP contribution in [0.25, 0.3) is 0 Å². The number of nitrogens with zero attached hydrogens (tertiary/aromatic N) is 2. The topological polar surface area (TPSA) is 69.7 Å². The Hall–Kier alpha value is -3.15. The first-order chi connectivity index (χ1) is 15.1. The molecule has 2 aliphatic heterocycles.